The first-order valence-corrected chi connectivity index (χ1v) is 16.5. The van der Waals surface area contributed by atoms with Crippen LogP contribution in [0.15, 0.2) is 103 Å². The molecule has 4 aromatic rings. The highest BCUT2D eigenvalue weighted by Crippen LogP contribution is 2.35. The molecular weight excluding hydrogens is 633 g/mol. The Morgan fingerprint density at radius 3 is 2.00 bits per heavy atom. The number of rotatable bonds is 14. The summed E-state index contributed by atoms with van der Waals surface area (Å²) in [5, 5.41) is 39.2. The van der Waals surface area contributed by atoms with E-state index in [1.807, 2.05) is 60.7 Å². The van der Waals surface area contributed by atoms with Gasteiger partial charge in [-0.2, -0.15) is 0 Å². The third kappa shape index (κ3) is 16.4. The minimum Gasteiger partial charge on any atom is -0.481 e. The van der Waals surface area contributed by atoms with Crippen LogP contribution in [-0.2, 0) is 11.3 Å². The Hall–Kier alpha value is -5.06. The van der Waals surface area contributed by atoms with Gasteiger partial charge in [0.2, 0.25) is 0 Å². The molecule has 3 aromatic carbocycles. The molecule has 10 heteroatoms. The van der Waals surface area contributed by atoms with Crippen LogP contribution >= 0.6 is 0 Å². The van der Waals surface area contributed by atoms with Gasteiger partial charge in [0.1, 0.15) is 5.82 Å². The van der Waals surface area contributed by atoms with Crippen molar-refractivity contribution in [3.8, 4) is 11.3 Å². The molecule has 0 bridgehead atoms. The van der Waals surface area contributed by atoms with Gasteiger partial charge in [-0.05, 0) is 99.2 Å². The van der Waals surface area contributed by atoms with Gasteiger partial charge in [0, 0.05) is 66.9 Å². The van der Waals surface area contributed by atoms with Crippen molar-refractivity contribution in [2.45, 2.75) is 71.9 Å². The Morgan fingerprint density at radius 2 is 1.50 bits per heavy atom. The number of para-hydroxylation sites is 2. The number of hydrogen-bond donors (Lipinski definition) is 6. The van der Waals surface area contributed by atoms with E-state index in [4.69, 9.17) is 15.6 Å². The maximum absolute atomic E-state index is 13.6. The van der Waals surface area contributed by atoms with E-state index in [2.05, 4.69) is 46.7 Å². The first kappa shape index (κ1) is 43.0. The number of aliphatic carboxylic acids is 1. The first-order chi connectivity index (χ1) is 23.9. The Labute approximate surface area is 296 Å². The van der Waals surface area contributed by atoms with E-state index in [-0.39, 0.29) is 18.2 Å². The predicted molar refractivity (Wildman–Crippen MR) is 207 cm³/mol. The lowest BCUT2D eigenvalue weighted by molar-refractivity contribution is -0.137. The lowest BCUT2D eigenvalue weighted by Gasteiger charge is -2.20. The number of hydrogen-bond acceptors (Lipinski definition) is 6. The summed E-state index contributed by atoms with van der Waals surface area (Å²) < 4.78 is 15.8. The van der Waals surface area contributed by atoms with Crippen LogP contribution < -0.4 is 10.6 Å². The van der Waals surface area contributed by atoms with Crippen LogP contribution in [0.1, 0.15) is 70.6 Å². The molecule has 1 atom stereocenters. The van der Waals surface area contributed by atoms with Gasteiger partial charge in [-0.15, -0.1) is 0 Å². The molecule has 9 nitrogen and oxygen atoms in total. The topological polar surface area (TPSA) is 143 Å². The summed E-state index contributed by atoms with van der Waals surface area (Å²) in [5.74, 6) is -0.981. The van der Waals surface area contributed by atoms with Crippen LogP contribution in [0, 0.1) is 11.2 Å². The van der Waals surface area contributed by atoms with Crippen LogP contribution in [0.5, 0.6) is 0 Å². The van der Waals surface area contributed by atoms with E-state index in [0.717, 1.165) is 46.7 Å². The van der Waals surface area contributed by atoms with E-state index in [1.165, 1.54) is 12.1 Å². The largest absolute Gasteiger partial charge is 0.481 e. The van der Waals surface area contributed by atoms with Gasteiger partial charge in [0.15, 0.2) is 0 Å². The molecule has 4 rings (SSSR count). The summed E-state index contributed by atoms with van der Waals surface area (Å²) in [7, 11) is 2.73. The van der Waals surface area contributed by atoms with Crippen molar-refractivity contribution in [1.29, 1.82) is 5.41 Å². The number of halogens is 1. The minimum atomic E-state index is -0.854. The Morgan fingerprint density at radius 1 is 0.960 bits per heavy atom. The normalized spacial score (nSPS) is 10.8. The van der Waals surface area contributed by atoms with Crippen LogP contribution in [0.4, 0.5) is 15.8 Å². The van der Waals surface area contributed by atoms with Crippen LogP contribution in [-0.4, -0.2) is 58.2 Å². The van der Waals surface area contributed by atoms with E-state index < -0.39 is 12.1 Å². The van der Waals surface area contributed by atoms with Crippen LogP contribution in [0.3, 0.4) is 0 Å². The molecule has 0 spiro atoms. The van der Waals surface area contributed by atoms with Crippen molar-refractivity contribution in [3.63, 3.8) is 0 Å². The molecule has 0 saturated heterocycles. The van der Waals surface area contributed by atoms with Crippen molar-refractivity contribution >= 4 is 35.1 Å². The molecule has 50 heavy (non-hydrogen) atoms. The summed E-state index contributed by atoms with van der Waals surface area (Å²) >= 11 is 0. The molecule has 1 heterocycles. The van der Waals surface area contributed by atoms with Gasteiger partial charge in [-0.3, -0.25) is 9.79 Å². The summed E-state index contributed by atoms with van der Waals surface area (Å²) in [4.78, 5) is 14.6. The third-order valence-corrected chi connectivity index (χ3v) is 6.97. The summed E-state index contributed by atoms with van der Waals surface area (Å²) in [5.41, 5.74) is 7.28. The van der Waals surface area contributed by atoms with E-state index >= 15 is 0 Å². The van der Waals surface area contributed by atoms with Crippen molar-refractivity contribution in [2.75, 3.05) is 24.8 Å². The van der Waals surface area contributed by atoms with Gasteiger partial charge >= 0.3 is 5.97 Å². The standard InChI is InChI=1S/C28H33FN2O3.C8H10N2.C3H7N.CH4O/c1-19(2)28-25(20(3)30-23-8-5-4-6-9-23)18-26(21-12-14-22(29)15-13-21)31(28)17-16-24(32)10-7-11-27(33)34;1-9-7-10-8-5-3-2-4-6-8;1-3(2)4;1-2/h4-6,8-9,12-15,18-19,24,30,32H,3,7,10-11,16-17H2,1-2H3,(H,33,34);2-7H,1H3,(H,9,10);4H,1-2H3;2H,1H3/t24-;;;/m0.../s1. The maximum atomic E-state index is 13.6. The average molecular weight is 688 g/mol. The number of benzene rings is 3. The Balaban J connectivity index is 0.000000647. The molecule has 0 unspecified atom stereocenters. The van der Waals surface area contributed by atoms with Crippen LogP contribution in [0.2, 0.25) is 0 Å². The SMILES string of the molecule is C=C(Nc1ccccc1)c1cc(-c2ccc(F)cc2)n(CC[C@@H](O)CCCC(=O)O)c1C(C)C.CC(C)=N.CN=CNc1ccccc1.CO. The van der Waals surface area contributed by atoms with Gasteiger partial charge in [0.05, 0.1) is 12.4 Å². The number of aliphatic imine (C=N–C) groups is 1. The smallest absolute Gasteiger partial charge is 0.303 e. The Bertz CT molecular complexity index is 1580. The first-order valence-electron chi connectivity index (χ1n) is 16.5. The second kappa shape index (κ2) is 24.1. The number of aliphatic hydroxyl groups is 2. The van der Waals surface area contributed by atoms with Gasteiger partial charge in [0.25, 0.3) is 0 Å². The second-order valence-corrected chi connectivity index (χ2v) is 11.7. The van der Waals surface area contributed by atoms with Crippen molar-refractivity contribution < 1.29 is 24.5 Å². The molecular formula is C40H54FN5O4. The number of anilines is 2. The second-order valence-electron chi connectivity index (χ2n) is 11.7. The number of carboxylic acid groups (broad SMARTS) is 1. The monoisotopic (exact) mass is 687 g/mol. The van der Waals surface area contributed by atoms with E-state index in [0.29, 0.717) is 31.5 Å². The number of carbonyl (C=O) groups is 1. The zero-order chi connectivity index (χ0) is 37.5. The number of nitrogens with one attached hydrogen (secondary N) is 3. The number of nitrogens with zero attached hydrogens (tertiary/aromatic N) is 2. The van der Waals surface area contributed by atoms with Gasteiger partial charge in [-0.1, -0.05) is 56.8 Å². The number of carboxylic acids is 1. The molecule has 0 fully saturated rings. The quantitative estimate of drug-likeness (QED) is 0.0577. The molecule has 1 aromatic heterocycles. The van der Waals surface area contributed by atoms with Crippen LogP contribution in [0.25, 0.3) is 17.0 Å². The summed E-state index contributed by atoms with van der Waals surface area (Å²) in [6, 6.07) is 28.2. The Kier molecular flexibility index (Phi) is 20.7. The van der Waals surface area contributed by atoms with Gasteiger partial charge in [-0.25, -0.2) is 4.39 Å². The predicted octanol–water partition coefficient (Wildman–Crippen LogP) is 8.92. The van der Waals surface area contributed by atoms with E-state index in [9.17, 15) is 14.3 Å². The number of aliphatic hydroxyl groups excluding tert-OH is 2. The zero-order valence-corrected chi connectivity index (χ0v) is 30.2. The highest BCUT2D eigenvalue weighted by atomic mass is 19.1. The molecule has 0 amide bonds. The lowest BCUT2D eigenvalue weighted by Crippen LogP contribution is -2.15. The molecule has 0 aliphatic rings. The fourth-order valence-electron chi connectivity index (χ4n) is 4.88. The fourth-order valence-corrected chi connectivity index (χ4v) is 4.88. The average Bonchev–Trinajstić information content (AvgIpc) is 3.48. The zero-order valence-electron chi connectivity index (χ0n) is 30.2. The van der Waals surface area contributed by atoms with Gasteiger partial charge < -0.3 is 35.9 Å². The summed E-state index contributed by atoms with van der Waals surface area (Å²) in [6.07, 6.45) is 2.47. The highest BCUT2D eigenvalue weighted by molar-refractivity contribution is 5.80. The lowest BCUT2D eigenvalue weighted by atomic mass is 10.0. The van der Waals surface area contributed by atoms with Crippen molar-refractivity contribution in [2.24, 2.45) is 4.99 Å². The van der Waals surface area contributed by atoms with E-state index in [1.54, 1.807) is 39.4 Å². The molecule has 0 aliphatic heterocycles. The van der Waals surface area contributed by atoms with Crippen molar-refractivity contribution in [1.82, 2.24) is 4.57 Å². The fraction of sp³-hybridized carbons (Fsp3) is 0.325. The minimum absolute atomic E-state index is 0.0494. The number of aromatic nitrogens is 1. The molecule has 0 aliphatic carbocycles. The molecule has 0 saturated carbocycles. The molecule has 6 N–H and O–H groups in total. The molecule has 270 valence electrons. The van der Waals surface area contributed by atoms with Crippen molar-refractivity contribution in [3.05, 3.63) is 115 Å². The summed E-state index contributed by atoms with van der Waals surface area (Å²) in [6.45, 7) is 12.6. The third-order valence-electron chi connectivity index (χ3n) is 6.97. The maximum Gasteiger partial charge on any atom is 0.303 e. The highest BCUT2D eigenvalue weighted by Gasteiger charge is 2.21. The molecule has 0 radical (unpaired) electrons.